The zero-order chi connectivity index (χ0) is 13.7. The van der Waals surface area contributed by atoms with Crippen LogP contribution in [0.4, 0.5) is 0 Å². The van der Waals surface area contributed by atoms with Crippen molar-refractivity contribution in [1.82, 2.24) is 15.0 Å². The Labute approximate surface area is 116 Å². The van der Waals surface area contributed by atoms with Gasteiger partial charge in [0.25, 0.3) is 5.91 Å². The minimum Gasteiger partial charge on any atom is -0.364 e. The van der Waals surface area contributed by atoms with Gasteiger partial charge in [0.2, 0.25) is 5.91 Å². The molecule has 1 saturated heterocycles. The standard InChI is InChI=1S/C14H17N3O3/c18-13(10-3-4-10)16-5-6-17(8-16)14(19)11-7-20-15-12(11)9-1-2-9/h7,9-10H,1-6,8H2. The SMILES string of the molecule is O=C(c1conc1C1CC1)N1CCN(C(=O)C2CC2)C1. The fourth-order valence-corrected chi connectivity index (χ4v) is 2.75. The van der Waals surface area contributed by atoms with Gasteiger partial charge >= 0.3 is 0 Å². The molecule has 2 heterocycles. The van der Waals surface area contributed by atoms with Crippen LogP contribution in [0, 0.1) is 5.92 Å². The quantitative estimate of drug-likeness (QED) is 0.831. The van der Waals surface area contributed by atoms with E-state index >= 15 is 0 Å². The second-order valence-corrected chi connectivity index (χ2v) is 5.97. The molecule has 0 unspecified atom stereocenters. The van der Waals surface area contributed by atoms with Gasteiger partial charge in [0.15, 0.2) is 0 Å². The molecule has 0 bridgehead atoms. The van der Waals surface area contributed by atoms with Crippen LogP contribution in [0.1, 0.15) is 47.7 Å². The Balaban J connectivity index is 1.46. The first kappa shape index (κ1) is 11.9. The van der Waals surface area contributed by atoms with E-state index in [1.165, 1.54) is 6.26 Å². The van der Waals surface area contributed by atoms with Crippen LogP contribution in [-0.4, -0.2) is 46.5 Å². The topological polar surface area (TPSA) is 66.7 Å². The number of carbonyl (C=O) groups excluding carboxylic acids is 2. The summed E-state index contributed by atoms with van der Waals surface area (Å²) < 4.78 is 4.97. The van der Waals surface area contributed by atoms with E-state index in [1.807, 2.05) is 0 Å². The number of amides is 2. The van der Waals surface area contributed by atoms with Gasteiger partial charge in [0, 0.05) is 24.9 Å². The summed E-state index contributed by atoms with van der Waals surface area (Å²) in [4.78, 5) is 28.0. The second kappa shape index (κ2) is 4.33. The molecule has 6 nitrogen and oxygen atoms in total. The van der Waals surface area contributed by atoms with Gasteiger partial charge in [-0.1, -0.05) is 5.16 Å². The van der Waals surface area contributed by atoms with Crippen molar-refractivity contribution in [2.75, 3.05) is 19.8 Å². The van der Waals surface area contributed by atoms with Gasteiger partial charge in [-0.05, 0) is 25.7 Å². The number of aromatic nitrogens is 1. The number of nitrogens with zero attached hydrogens (tertiary/aromatic N) is 3. The lowest BCUT2D eigenvalue weighted by molar-refractivity contribution is -0.131. The third-order valence-electron chi connectivity index (χ3n) is 4.30. The van der Waals surface area contributed by atoms with Gasteiger partial charge in [-0.15, -0.1) is 0 Å². The molecule has 20 heavy (non-hydrogen) atoms. The Morgan fingerprint density at radius 1 is 1.15 bits per heavy atom. The number of rotatable bonds is 3. The van der Waals surface area contributed by atoms with Crippen LogP contribution < -0.4 is 0 Å². The molecule has 106 valence electrons. The largest absolute Gasteiger partial charge is 0.364 e. The van der Waals surface area contributed by atoms with Gasteiger partial charge < -0.3 is 14.3 Å². The summed E-state index contributed by atoms with van der Waals surface area (Å²) in [7, 11) is 0. The minimum atomic E-state index is -0.0563. The van der Waals surface area contributed by atoms with Crippen LogP contribution in [0.25, 0.3) is 0 Å². The van der Waals surface area contributed by atoms with E-state index in [9.17, 15) is 9.59 Å². The first-order valence-corrected chi connectivity index (χ1v) is 7.26. The summed E-state index contributed by atoms with van der Waals surface area (Å²) in [5.41, 5.74) is 1.37. The Morgan fingerprint density at radius 2 is 1.90 bits per heavy atom. The molecular formula is C14H17N3O3. The van der Waals surface area contributed by atoms with Crippen molar-refractivity contribution in [1.29, 1.82) is 0 Å². The average Bonchev–Trinajstić information content (AvgIpc) is 3.38. The van der Waals surface area contributed by atoms with Gasteiger partial charge in [0.05, 0.1) is 12.4 Å². The van der Waals surface area contributed by atoms with Crippen LogP contribution in [0.5, 0.6) is 0 Å². The maximum absolute atomic E-state index is 12.5. The van der Waals surface area contributed by atoms with Crippen LogP contribution in [0.3, 0.4) is 0 Å². The highest BCUT2D eigenvalue weighted by Gasteiger charge is 2.39. The van der Waals surface area contributed by atoms with Gasteiger partial charge in [-0.2, -0.15) is 0 Å². The van der Waals surface area contributed by atoms with E-state index in [0.29, 0.717) is 31.2 Å². The van der Waals surface area contributed by atoms with E-state index < -0.39 is 0 Å². The molecule has 1 aromatic heterocycles. The Morgan fingerprint density at radius 3 is 2.60 bits per heavy atom. The van der Waals surface area contributed by atoms with Crippen LogP contribution in [0.15, 0.2) is 10.8 Å². The van der Waals surface area contributed by atoms with Crippen molar-refractivity contribution in [2.45, 2.75) is 31.6 Å². The molecule has 2 amide bonds. The average molecular weight is 275 g/mol. The van der Waals surface area contributed by atoms with E-state index in [1.54, 1.807) is 9.80 Å². The van der Waals surface area contributed by atoms with E-state index in [-0.39, 0.29) is 17.7 Å². The lowest BCUT2D eigenvalue weighted by atomic mass is 10.1. The van der Waals surface area contributed by atoms with Crippen molar-refractivity contribution in [3.05, 3.63) is 17.5 Å². The summed E-state index contributed by atoms with van der Waals surface area (Å²) in [6, 6.07) is 0. The Kier molecular flexibility index (Phi) is 2.58. The lowest BCUT2D eigenvalue weighted by Gasteiger charge is -2.18. The van der Waals surface area contributed by atoms with Gasteiger partial charge in [-0.25, -0.2) is 0 Å². The number of hydrogen-bond acceptors (Lipinski definition) is 4. The number of carbonyl (C=O) groups is 2. The van der Waals surface area contributed by atoms with E-state index in [4.69, 9.17) is 4.52 Å². The highest BCUT2D eigenvalue weighted by Crippen LogP contribution is 2.41. The smallest absolute Gasteiger partial charge is 0.260 e. The maximum atomic E-state index is 12.5. The molecule has 3 aliphatic rings. The summed E-state index contributed by atoms with van der Waals surface area (Å²) in [6.45, 7) is 1.65. The molecule has 6 heteroatoms. The highest BCUT2D eigenvalue weighted by atomic mass is 16.5. The third-order valence-corrected chi connectivity index (χ3v) is 4.30. The summed E-state index contributed by atoms with van der Waals surface area (Å²) >= 11 is 0. The summed E-state index contributed by atoms with van der Waals surface area (Å²) in [5.74, 6) is 0.745. The molecule has 0 N–H and O–H groups in total. The van der Waals surface area contributed by atoms with E-state index in [0.717, 1.165) is 31.4 Å². The fraction of sp³-hybridized carbons (Fsp3) is 0.643. The van der Waals surface area contributed by atoms with Crippen molar-refractivity contribution >= 4 is 11.8 Å². The Bertz CT molecular complexity index is 560. The fourth-order valence-electron chi connectivity index (χ4n) is 2.75. The van der Waals surface area contributed by atoms with Gasteiger partial charge in [-0.3, -0.25) is 9.59 Å². The molecule has 0 aromatic carbocycles. The molecule has 3 fully saturated rings. The predicted octanol–water partition coefficient (Wildman–Crippen LogP) is 1.20. The number of hydrogen-bond donors (Lipinski definition) is 0. The molecule has 2 aliphatic carbocycles. The molecule has 4 rings (SSSR count). The van der Waals surface area contributed by atoms with Crippen LogP contribution in [0.2, 0.25) is 0 Å². The van der Waals surface area contributed by atoms with Crippen molar-refractivity contribution in [3.63, 3.8) is 0 Å². The van der Waals surface area contributed by atoms with E-state index in [2.05, 4.69) is 5.16 Å². The molecule has 0 spiro atoms. The summed E-state index contributed by atoms with van der Waals surface area (Å²) in [5, 5.41) is 3.96. The molecule has 0 radical (unpaired) electrons. The first-order chi connectivity index (χ1) is 9.74. The second-order valence-electron chi connectivity index (χ2n) is 5.97. The van der Waals surface area contributed by atoms with Crippen molar-refractivity contribution < 1.29 is 14.1 Å². The first-order valence-electron chi connectivity index (χ1n) is 7.26. The van der Waals surface area contributed by atoms with Crippen molar-refractivity contribution in [2.24, 2.45) is 5.92 Å². The predicted molar refractivity (Wildman–Crippen MR) is 68.8 cm³/mol. The maximum Gasteiger partial charge on any atom is 0.260 e. The molecule has 1 aromatic rings. The van der Waals surface area contributed by atoms with Crippen LogP contribution >= 0.6 is 0 Å². The third kappa shape index (κ3) is 1.99. The van der Waals surface area contributed by atoms with Crippen molar-refractivity contribution in [3.8, 4) is 0 Å². The molecule has 1 aliphatic heterocycles. The summed E-state index contributed by atoms with van der Waals surface area (Å²) in [6.07, 6.45) is 5.61. The monoisotopic (exact) mass is 275 g/mol. The normalized spacial score (nSPS) is 22.4. The minimum absolute atomic E-state index is 0.0563. The van der Waals surface area contributed by atoms with Gasteiger partial charge in [0.1, 0.15) is 11.8 Å². The highest BCUT2D eigenvalue weighted by molar-refractivity contribution is 5.95. The van der Waals surface area contributed by atoms with Crippen LogP contribution in [-0.2, 0) is 4.79 Å². The Hall–Kier alpha value is -1.85. The molecular weight excluding hydrogens is 258 g/mol. The zero-order valence-electron chi connectivity index (χ0n) is 11.2. The zero-order valence-corrected chi connectivity index (χ0v) is 11.2. The molecule has 2 saturated carbocycles. The lowest BCUT2D eigenvalue weighted by Crippen LogP contribution is -2.34. The molecule has 0 atom stereocenters.